The van der Waals surface area contributed by atoms with Crippen LogP contribution < -0.4 is 5.32 Å². The summed E-state index contributed by atoms with van der Waals surface area (Å²) in [6.45, 7) is 0. The van der Waals surface area contributed by atoms with Crippen LogP contribution in [-0.4, -0.2) is 21.8 Å². The zero-order valence-corrected chi connectivity index (χ0v) is 9.42. The number of aromatic nitrogens is 3. The summed E-state index contributed by atoms with van der Waals surface area (Å²) in [6.07, 6.45) is 4.79. The van der Waals surface area contributed by atoms with Gasteiger partial charge < -0.3 is 5.32 Å². The molecule has 0 aliphatic heterocycles. The van der Waals surface area contributed by atoms with Gasteiger partial charge in [0.05, 0.1) is 28.1 Å². The van der Waals surface area contributed by atoms with Gasteiger partial charge in [0.25, 0.3) is 0 Å². The molecule has 0 atom stereocenters. The third-order valence-corrected chi connectivity index (χ3v) is 2.27. The predicted molar refractivity (Wildman–Crippen MR) is 60.9 cm³/mol. The molecule has 0 bridgehead atoms. The Hall–Kier alpha value is -1.26. The van der Waals surface area contributed by atoms with E-state index in [2.05, 4.69) is 15.4 Å². The fourth-order valence-electron chi connectivity index (χ4n) is 1.22. The fourth-order valence-corrected chi connectivity index (χ4v) is 1.51. The first-order chi connectivity index (χ1) is 7.20. The Bertz CT molecular complexity index is 481. The molecule has 2 aromatic rings. The first kappa shape index (κ1) is 10.3. The smallest absolute Gasteiger partial charge is 0.176 e. The first-order valence-corrected chi connectivity index (χ1v) is 5.00. The highest BCUT2D eigenvalue weighted by Crippen LogP contribution is 2.21. The highest BCUT2D eigenvalue weighted by molar-refractivity contribution is 6.31. The van der Waals surface area contributed by atoms with E-state index in [1.807, 2.05) is 0 Å². The van der Waals surface area contributed by atoms with Crippen molar-refractivity contribution < 1.29 is 0 Å². The minimum atomic E-state index is 0.564. The van der Waals surface area contributed by atoms with E-state index in [4.69, 9.17) is 23.2 Å². The minimum Gasteiger partial charge on any atom is -0.385 e. The van der Waals surface area contributed by atoms with E-state index in [0.717, 1.165) is 5.69 Å². The van der Waals surface area contributed by atoms with Gasteiger partial charge in [-0.25, -0.2) is 9.67 Å². The number of nitrogens with zero attached hydrogens (tertiary/aromatic N) is 3. The topological polar surface area (TPSA) is 42.7 Å². The van der Waals surface area contributed by atoms with Crippen molar-refractivity contribution in [1.82, 2.24) is 14.8 Å². The lowest BCUT2D eigenvalue weighted by atomic mass is 10.4. The van der Waals surface area contributed by atoms with E-state index in [0.29, 0.717) is 15.9 Å². The molecule has 2 heterocycles. The van der Waals surface area contributed by atoms with Gasteiger partial charge in [-0.15, -0.1) is 0 Å². The summed E-state index contributed by atoms with van der Waals surface area (Å²) in [5.74, 6) is 0.661. The van der Waals surface area contributed by atoms with E-state index in [9.17, 15) is 0 Å². The lowest BCUT2D eigenvalue weighted by molar-refractivity contribution is 0.848. The Morgan fingerprint density at radius 3 is 2.67 bits per heavy atom. The molecule has 2 rings (SSSR count). The number of hydrogen-bond donors (Lipinski definition) is 1. The van der Waals surface area contributed by atoms with Gasteiger partial charge in [0.15, 0.2) is 5.82 Å². The number of anilines is 1. The highest BCUT2D eigenvalue weighted by Gasteiger charge is 2.07. The molecule has 0 aliphatic carbocycles. The van der Waals surface area contributed by atoms with Crippen LogP contribution in [0.1, 0.15) is 0 Å². The SMILES string of the molecule is CNc1cc(Cl)cnc1-n1cc(Cl)cn1. The van der Waals surface area contributed by atoms with Crippen molar-refractivity contribution in [1.29, 1.82) is 0 Å². The van der Waals surface area contributed by atoms with Gasteiger partial charge in [-0.1, -0.05) is 23.2 Å². The Morgan fingerprint density at radius 1 is 1.27 bits per heavy atom. The maximum atomic E-state index is 5.83. The van der Waals surface area contributed by atoms with Crippen molar-refractivity contribution in [2.75, 3.05) is 12.4 Å². The molecule has 78 valence electrons. The molecule has 0 saturated heterocycles. The van der Waals surface area contributed by atoms with Crippen molar-refractivity contribution in [3.05, 3.63) is 34.7 Å². The maximum absolute atomic E-state index is 5.83. The van der Waals surface area contributed by atoms with E-state index >= 15 is 0 Å². The van der Waals surface area contributed by atoms with Gasteiger partial charge in [-0.3, -0.25) is 0 Å². The van der Waals surface area contributed by atoms with Crippen molar-refractivity contribution in [2.24, 2.45) is 0 Å². The zero-order chi connectivity index (χ0) is 10.8. The van der Waals surface area contributed by atoms with Gasteiger partial charge in [0, 0.05) is 13.2 Å². The highest BCUT2D eigenvalue weighted by atomic mass is 35.5. The van der Waals surface area contributed by atoms with Crippen molar-refractivity contribution in [2.45, 2.75) is 0 Å². The zero-order valence-electron chi connectivity index (χ0n) is 7.91. The van der Waals surface area contributed by atoms with Gasteiger partial charge in [0.2, 0.25) is 0 Å². The minimum absolute atomic E-state index is 0.564. The molecule has 0 unspecified atom stereocenters. The summed E-state index contributed by atoms with van der Waals surface area (Å²) < 4.78 is 1.59. The van der Waals surface area contributed by atoms with Gasteiger partial charge >= 0.3 is 0 Å². The fraction of sp³-hybridized carbons (Fsp3) is 0.111. The average Bonchev–Trinajstić information content (AvgIpc) is 2.64. The van der Waals surface area contributed by atoms with E-state index in [1.54, 1.807) is 36.4 Å². The second-order valence-corrected chi connectivity index (χ2v) is 3.75. The molecule has 6 heteroatoms. The summed E-state index contributed by atoms with van der Waals surface area (Å²) >= 11 is 11.6. The standard InChI is InChI=1S/C9H8Cl2N4/c1-12-8-2-6(10)3-13-9(8)15-5-7(11)4-14-15/h2-5,12H,1H3. The van der Waals surface area contributed by atoms with Gasteiger partial charge in [-0.2, -0.15) is 5.10 Å². The third-order valence-electron chi connectivity index (χ3n) is 1.87. The Kier molecular flexibility index (Phi) is 2.79. The number of halogens is 2. The molecule has 2 aromatic heterocycles. The largest absolute Gasteiger partial charge is 0.385 e. The first-order valence-electron chi connectivity index (χ1n) is 4.24. The van der Waals surface area contributed by atoms with Crippen LogP contribution in [0.3, 0.4) is 0 Å². The summed E-state index contributed by atoms with van der Waals surface area (Å²) in [6, 6.07) is 1.78. The molecule has 0 fully saturated rings. The molecule has 15 heavy (non-hydrogen) atoms. The summed E-state index contributed by atoms with van der Waals surface area (Å²) in [5, 5.41) is 8.19. The molecule has 0 radical (unpaired) electrons. The Morgan fingerprint density at radius 2 is 2.07 bits per heavy atom. The second kappa shape index (κ2) is 4.08. The lowest BCUT2D eigenvalue weighted by Crippen LogP contribution is -2.03. The summed E-state index contributed by atoms with van der Waals surface area (Å²) in [4.78, 5) is 4.18. The van der Waals surface area contributed by atoms with Crippen LogP contribution in [-0.2, 0) is 0 Å². The van der Waals surface area contributed by atoms with Crippen LogP contribution in [0, 0.1) is 0 Å². The molecule has 0 spiro atoms. The molecular weight excluding hydrogens is 235 g/mol. The van der Waals surface area contributed by atoms with Crippen molar-refractivity contribution in [3.63, 3.8) is 0 Å². The molecular formula is C9H8Cl2N4. The van der Waals surface area contributed by atoms with E-state index in [-0.39, 0.29) is 0 Å². The lowest BCUT2D eigenvalue weighted by Gasteiger charge is -2.07. The number of nitrogens with one attached hydrogen (secondary N) is 1. The summed E-state index contributed by atoms with van der Waals surface area (Å²) in [7, 11) is 1.79. The van der Waals surface area contributed by atoms with Crippen LogP contribution in [0.5, 0.6) is 0 Å². The van der Waals surface area contributed by atoms with E-state index in [1.165, 1.54) is 0 Å². The van der Waals surface area contributed by atoms with Gasteiger partial charge in [0.1, 0.15) is 0 Å². The average molecular weight is 243 g/mol. The third kappa shape index (κ3) is 2.06. The molecule has 1 N–H and O–H groups in total. The number of hydrogen-bond acceptors (Lipinski definition) is 3. The van der Waals surface area contributed by atoms with Crippen LogP contribution >= 0.6 is 23.2 Å². The van der Waals surface area contributed by atoms with E-state index < -0.39 is 0 Å². The van der Waals surface area contributed by atoms with Crippen LogP contribution in [0.15, 0.2) is 24.7 Å². The quantitative estimate of drug-likeness (QED) is 0.881. The molecule has 4 nitrogen and oxygen atoms in total. The Balaban J connectivity index is 2.52. The molecule has 0 aliphatic rings. The van der Waals surface area contributed by atoms with Crippen LogP contribution in [0.2, 0.25) is 10.0 Å². The van der Waals surface area contributed by atoms with Crippen LogP contribution in [0.25, 0.3) is 5.82 Å². The molecule has 0 aromatic carbocycles. The van der Waals surface area contributed by atoms with Crippen molar-refractivity contribution in [3.8, 4) is 5.82 Å². The number of rotatable bonds is 2. The molecule has 0 amide bonds. The molecule has 0 saturated carbocycles. The normalized spacial score (nSPS) is 10.3. The van der Waals surface area contributed by atoms with Crippen molar-refractivity contribution >= 4 is 28.9 Å². The maximum Gasteiger partial charge on any atom is 0.176 e. The number of pyridine rings is 1. The predicted octanol–water partition coefficient (Wildman–Crippen LogP) is 2.62. The van der Waals surface area contributed by atoms with Gasteiger partial charge in [-0.05, 0) is 6.07 Å². The summed E-state index contributed by atoms with van der Waals surface area (Å²) in [5.41, 5.74) is 0.794. The monoisotopic (exact) mass is 242 g/mol. The van der Waals surface area contributed by atoms with Crippen LogP contribution in [0.4, 0.5) is 5.69 Å². The second-order valence-electron chi connectivity index (χ2n) is 2.88. The Labute approximate surface area is 96.8 Å².